The molecule has 0 aromatic heterocycles. The molecule has 1 atom stereocenters. The molecule has 1 saturated heterocycles. The van der Waals surface area contributed by atoms with Crippen molar-refractivity contribution in [2.45, 2.75) is 38.0 Å². The minimum atomic E-state index is -0.752. The average Bonchev–Trinajstić information content (AvgIpc) is 2.20. The van der Waals surface area contributed by atoms with Gasteiger partial charge in [0.15, 0.2) is 0 Å². The molecule has 1 aliphatic heterocycles. The van der Waals surface area contributed by atoms with Gasteiger partial charge in [0, 0.05) is 11.8 Å². The molecule has 16 heavy (non-hydrogen) atoms. The molecule has 1 heterocycles. The minimum Gasteiger partial charge on any atom is -0.341 e. The van der Waals surface area contributed by atoms with Gasteiger partial charge in [0.1, 0.15) is 5.54 Å². The normalized spacial score (nSPS) is 21.9. The lowest BCUT2D eigenvalue weighted by Gasteiger charge is -2.37. The van der Waals surface area contributed by atoms with Gasteiger partial charge in [0.05, 0.1) is 6.54 Å². The molecule has 0 radical (unpaired) electrons. The van der Waals surface area contributed by atoms with Crippen LogP contribution in [0.1, 0.15) is 27.2 Å². The van der Waals surface area contributed by atoms with E-state index in [-0.39, 0.29) is 18.4 Å². The van der Waals surface area contributed by atoms with Gasteiger partial charge in [-0.15, -0.1) is 0 Å². The van der Waals surface area contributed by atoms with Crippen molar-refractivity contribution >= 4 is 23.6 Å². The van der Waals surface area contributed by atoms with Gasteiger partial charge in [0.2, 0.25) is 11.8 Å². The zero-order valence-electron chi connectivity index (χ0n) is 10.4. The standard InChI is InChI=1S/C11H20N2O2S/c1-8(16-4)5-6-13-7-9(14)12-11(2,3)10(13)15/h8H,5-7H2,1-4H3,(H,12,14). The molecule has 1 aliphatic rings. The van der Waals surface area contributed by atoms with Gasteiger partial charge >= 0.3 is 0 Å². The summed E-state index contributed by atoms with van der Waals surface area (Å²) in [6.07, 6.45) is 2.98. The highest BCUT2D eigenvalue weighted by Crippen LogP contribution is 2.16. The van der Waals surface area contributed by atoms with Gasteiger partial charge in [-0.3, -0.25) is 9.59 Å². The van der Waals surface area contributed by atoms with Crippen LogP contribution in [-0.4, -0.2) is 46.8 Å². The van der Waals surface area contributed by atoms with E-state index in [1.165, 1.54) is 0 Å². The molecular weight excluding hydrogens is 224 g/mol. The van der Waals surface area contributed by atoms with Crippen molar-refractivity contribution in [2.24, 2.45) is 0 Å². The third-order valence-electron chi connectivity index (χ3n) is 2.82. The monoisotopic (exact) mass is 244 g/mol. The third kappa shape index (κ3) is 3.14. The molecule has 1 rings (SSSR count). The Kier molecular flexibility index (Phi) is 4.24. The highest BCUT2D eigenvalue weighted by atomic mass is 32.2. The quantitative estimate of drug-likeness (QED) is 0.798. The lowest BCUT2D eigenvalue weighted by molar-refractivity contribution is -0.148. The maximum absolute atomic E-state index is 12.0. The number of hydrogen-bond acceptors (Lipinski definition) is 3. The lowest BCUT2D eigenvalue weighted by atomic mass is 10.0. The molecule has 1 fully saturated rings. The van der Waals surface area contributed by atoms with Crippen LogP contribution >= 0.6 is 11.8 Å². The van der Waals surface area contributed by atoms with E-state index in [0.29, 0.717) is 11.8 Å². The number of thioether (sulfide) groups is 1. The van der Waals surface area contributed by atoms with Crippen molar-refractivity contribution in [2.75, 3.05) is 19.3 Å². The molecule has 0 aromatic rings. The highest BCUT2D eigenvalue weighted by Gasteiger charge is 2.38. The second-order valence-corrected chi connectivity index (χ2v) is 6.01. The summed E-state index contributed by atoms with van der Waals surface area (Å²) in [5.41, 5.74) is -0.752. The summed E-state index contributed by atoms with van der Waals surface area (Å²) in [6, 6.07) is 0. The number of nitrogens with one attached hydrogen (secondary N) is 1. The largest absolute Gasteiger partial charge is 0.341 e. The van der Waals surface area contributed by atoms with E-state index in [2.05, 4.69) is 18.5 Å². The summed E-state index contributed by atoms with van der Waals surface area (Å²) in [5, 5.41) is 3.22. The minimum absolute atomic E-state index is 0.0143. The summed E-state index contributed by atoms with van der Waals surface area (Å²) in [6.45, 7) is 6.49. The van der Waals surface area contributed by atoms with E-state index >= 15 is 0 Å². The number of amides is 2. The summed E-state index contributed by atoms with van der Waals surface area (Å²) in [7, 11) is 0. The zero-order chi connectivity index (χ0) is 12.3. The maximum atomic E-state index is 12.0. The molecule has 4 nitrogen and oxygen atoms in total. The van der Waals surface area contributed by atoms with E-state index in [1.807, 2.05) is 0 Å². The van der Waals surface area contributed by atoms with E-state index in [4.69, 9.17) is 0 Å². The summed E-state index contributed by atoms with van der Waals surface area (Å²) >= 11 is 1.78. The van der Waals surface area contributed by atoms with E-state index in [0.717, 1.165) is 6.42 Å². The molecule has 0 spiro atoms. The fourth-order valence-corrected chi connectivity index (χ4v) is 2.06. The van der Waals surface area contributed by atoms with Gasteiger partial charge in [-0.2, -0.15) is 11.8 Å². The Morgan fingerprint density at radius 1 is 1.50 bits per heavy atom. The second-order valence-electron chi connectivity index (χ2n) is 4.73. The fourth-order valence-electron chi connectivity index (χ4n) is 1.72. The predicted octanol–water partition coefficient (Wildman–Crippen LogP) is 0.865. The van der Waals surface area contributed by atoms with Crippen LogP contribution in [0.2, 0.25) is 0 Å². The van der Waals surface area contributed by atoms with Crippen molar-refractivity contribution in [3.63, 3.8) is 0 Å². The van der Waals surface area contributed by atoms with Crippen molar-refractivity contribution in [1.82, 2.24) is 10.2 Å². The molecule has 92 valence electrons. The second kappa shape index (κ2) is 5.08. The van der Waals surface area contributed by atoms with Crippen LogP contribution < -0.4 is 5.32 Å². The summed E-state index contributed by atoms with van der Waals surface area (Å²) in [4.78, 5) is 25.1. The molecule has 2 amide bonds. The molecule has 0 bridgehead atoms. The smallest absolute Gasteiger partial charge is 0.248 e. The first-order valence-corrected chi connectivity index (χ1v) is 6.79. The molecule has 1 unspecified atom stereocenters. The van der Waals surface area contributed by atoms with Crippen LogP contribution in [0.4, 0.5) is 0 Å². The van der Waals surface area contributed by atoms with Gasteiger partial charge < -0.3 is 10.2 Å². The first kappa shape index (κ1) is 13.4. The number of piperazine rings is 1. The number of nitrogens with zero attached hydrogens (tertiary/aromatic N) is 1. The van der Waals surface area contributed by atoms with Gasteiger partial charge in [-0.1, -0.05) is 6.92 Å². The van der Waals surface area contributed by atoms with Crippen LogP contribution in [0.25, 0.3) is 0 Å². The maximum Gasteiger partial charge on any atom is 0.248 e. The van der Waals surface area contributed by atoms with Crippen LogP contribution in [0.15, 0.2) is 0 Å². The number of carbonyl (C=O) groups excluding carboxylic acids is 2. The molecule has 5 heteroatoms. The first-order valence-electron chi connectivity index (χ1n) is 5.50. The molecule has 0 aromatic carbocycles. The average molecular weight is 244 g/mol. The third-order valence-corrected chi connectivity index (χ3v) is 3.86. The molecule has 0 saturated carbocycles. The van der Waals surface area contributed by atoms with Crippen molar-refractivity contribution in [3.8, 4) is 0 Å². The van der Waals surface area contributed by atoms with Crippen molar-refractivity contribution in [1.29, 1.82) is 0 Å². The molecular formula is C11H20N2O2S. The van der Waals surface area contributed by atoms with Crippen LogP contribution in [0, 0.1) is 0 Å². The topological polar surface area (TPSA) is 49.4 Å². The molecule has 1 N–H and O–H groups in total. The lowest BCUT2D eigenvalue weighted by Crippen LogP contribution is -2.63. The Bertz CT molecular complexity index is 292. The first-order chi connectivity index (χ1) is 7.36. The van der Waals surface area contributed by atoms with E-state index < -0.39 is 5.54 Å². The van der Waals surface area contributed by atoms with Gasteiger partial charge in [-0.05, 0) is 26.5 Å². The van der Waals surface area contributed by atoms with Gasteiger partial charge in [-0.25, -0.2) is 0 Å². The van der Waals surface area contributed by atoms with Crippen LogP contribution in [0.3, 0.4) is 0 Å². The van der Waals surface area contributed by atoms with Crippen molar-refractivity contribution in [3.05, 3.63) is 0 Å². The molecule has 0 aliphatic carbocycles. The van der Waals surface area contributed by atoms with Crippen LogP contribution in [0.5, 0.6) is 0 Å². The van der Waals surface area contributed by atoms with Crippen molar-refractivity contribution < 1.29 is 9.59 Å². The fraction of sp³-hybridized carbons (Fsp3) is 0.818. The van der Waals surface area contributed by atoms with E-state index in [1.54, 1.807) is 30.5 Å². The Hall–Kier alpha value is -0.710. The van der Waals surface area contributed by atoms with Gasteiger partial charge in [0.25, 0.3) is 0 Å². The Balaban J connectivity index is 2.58. The van der Waals surface area contributed by atoms with Crippen LogP contribution in [-0.2, 0) is 9.59 Å². The SMILES string of the molecule is CSC(C)CCN1CC(=O)NC(C)(C)C1=O. The Labute approximate surface area is 101 Å². The predicted molar refractivity (Wildman–Crippen MR) is 66.4 cm³/mol. The summed E-state index contributed by atoms with van der Waals surface area (Å²) in [5.74, 6) is -0.0539. The number of carbonyl (C=O) groups is 2. The Morgan fingerprint density at radius 3 is 2.69 bits per heavy atom. The van der Waals surface area contributed by atoms with E-state index in [9.17, 15) is 9.59 Å². The zero-order valence-corrected chi connectivity index (χ0v) is 11.2. The number of hydrogen-bond donors (Lipinski definition) is 1. The number of rotatable bonds is 4. The summed E-state index contributed by atoms with van der Waals surface area (Å²) < 4.78 is 0. The Morgan fingerprint density at radius 2 is 2.12 bits per heavy atom. The highest BCUT2D eigenvalue weighted by molar-refractivity contribution is 7.99.